The van der Waals surface area contributed by atoms with E-state index in [-0.39, 0.29) is 25.0 Å². The van der Waals surface area contributed by atoms with E-state index < -0.39 is 17.6 Å². The van der Waals surface area contributed by atoms with Crippen molar-refractivity contribution in [3.8, 4) is 11.5 Å². The van der Waals surface area contributed by atoms with Gasteiger partial charge in [-0.3, -0.25) is 10.1 Å². The number of amides is 1. The number of nitrogens with zero attached hydrogens (tertiary/aromatic N) is 2. The number of anilines is 1. The van der Waals surface area contributed by atoms with Gasteiger partial charge in [-0.25, -0.2) is 9.79 Å². The summed E-state index contributed by atoms with van der Waals surface area (Å²) >= 11 is 0. The fraction of sp³-hybridized carbons (Fsp3) is 0.324. The lowest BCUT2D eigenvalue weighted by atomic mass is 9.77. The standard InChI is InChI=1S/C34H40N4O6/c1-5-7-15-25(6-2)37-33(35)44-31(32(40)41)34(24-13-9-8-10-14-24)28-16-11-12-17-29(28)38(30(39)21-36-34)22-23-18-26(42-3)20-27(19-23)43-4/h8-20,31,36H,5-7,21-22H2,1-4H3,(H2,35,37)(H,40,41)/b25-15-. The maximum absolute atomic E-state index is 13.9. The van der Waals surface area contributed by atoms with E-state index in [2.05, 4.69) is 17.2 Å². The Morgan fingerprint density at radius 1 is 1.07 bits per heavy atom. The Kier molecular flexibility index (Phi) is 10.6. The second-order valence-electron chi connectivity index (χ2n) is 10.4. The fourth-order valence-electron chi connectivity index (χ4n) is 5.43. The lowest BCUT2D eigenvalue weighted by Crippen LogP contribution is -2.58. The van der Waals surface area contributed by atoms with Crippen LogP contribution < -0.4 is 25.4 Å². The number of para-hydroxylation sites is 1. The summed E-state index contributed by atoms with van der Waals surface area (Å²) in [6.07, 6.45) is 2.71. The summed E-state index contributed by atoms with van der Waals surface area (Å²) in [5.41, 5.74) is 7.85. The van der Waals surface area contributed by atoms with Gasteiger partial charge in [0, 0.05) is 23.0 Å². The van der Waals surface area contributed by atoms with Gasteiger partial charge in [0.05, 0.1) is 27.3 Å². The molecule has 2 atom stereocenters. The van der Waals surface area contributed by atoms with Crippen molar-refractivity contribution in [1.29, 1.82) is 0 Å². The maximum atomic E-state index is 13.9. The normalized spacial score (nSPS) is 17.8. The number of ether oxygens (including phenoxy) is 3. The van der Waals surface area contributed by atoms with Crippen LogP contribution in [0.5, 0.6) is 11.5 Å². The van der Waals surface area contributed by atoms with E-state index in [4.69, 9.17) is 19.9 Å². The van der Waals surface area contributed by atoms with E-state index in [1.54, 1.807) is 43.4 Å². The minimum absolute atomic E-state index is 0.181. The van der Waals surface area contributed by atoms with Crippen molar-refractivity contribution in [2.75, 3.05) is 25.7 Å². The summed E-state index contributed by atoms with van der Waals surface area (Å²) in [5, 5.41) is 14.0. The molecule has 1 heterocycles. The van der Waals surface area contributed by atoms with Gasteiger partial charge in [-0.05, 0) is 42.2 Å². The van der Waals surface area contributed by atoms with Crippen molar-refractivity contribution in [1.82, 2.24) is 5.32 Å². The quantitative estimate of drug-likeness (QED) is 0.196. The van der Waals surface area contributed by atoms with Crippen LogP contribution in [0.25, 0.3) is 0 Å². The van der Waals surface area contributed by atoms with Crippen LogP contribution in [-0.4, -0.2) is 49.9 Å². The Labute approximate surface area is 258 Å². The molecule has 0 aliphatic carbocycles. The smallest absolute Gasteiger partial charge is 0.347 e. The van der Waals surface area contributed by atoms with Crippen molar-refractivity contribution in [3.05, 3.63) is 101 Å². The van der Waals surface area contributed by atoms with Gasteiger partial charge in [0.1, 0.15) is 17.0 Å². The monoisotopic (exact) mass is 600 g/mol. The maximum Gasteiger partial charge on any atom is 0.347 e. The number of fused-ring (bicyclic) bond motifs is 1. The number of carbonyl (C=O) groups excluding carboxylic acids is 1. The zero-order valence-electron chi connectivity index (χ0n) is 25.6. The fourth-order valence-corrected chi connectivity index (χ4v) is 5.43. The largest absolute Gasteiger partial charge is 0.497 e. The van der Waals surface area contributed by atoms with Gasteiger partial charge in [-0.1, -0.05) is 74.9 Å². The number of allylic oxidation sites excluding steroid dienone is 2. The first-order valence-electron chi connectivity index (χ1n) is 14.6. The number of carboxylic acid groups (broad SMARTS) is 1. The number of hydrogen-bond donors (Lipinski definition) is 3. The van der Waals surface area contributed by atoms with Crippen molar-refractivity contribution in [3.63, 3.8) is 0 Å². The van der Waals surface area contributed by atoms with Crippen molar-refractivity contribution < 1.29 is 28.9 Å². The second-order valence-corrected chi connectivity index (χ2v) is 10.4. The van der Waals surface area contributed by atoms with Crippen LogP contribution in [0.1, 0.15) is 49.8 Å². The molecule has 0 spiro atoms. The highest BCUT2D eigenvalue weighted by atomic mass is 16.5. The number of benzene rings is 3. The molecular formula is C34H40N4O6. The molecular weight excluding hydrogens is 560 g/mol. The zero-order chi connectivity index (χ0) is 31.7. The molecule has 3 aromatic carbocycles. The Balaban J connectivity index is 1.89. The summed E-state index contributed by atoms with van der Waals surface area (Å²) in [6.45, 7) is 3.99. The second kappa shape index (κ2) is 14.6. The van der Waals surface area contributed by atoms with Gasteiger partial charge >= 0.3 is 5.97 Å². The number of methoxy groups -OCH3 is 2. The van der Waals surface area contributed by atoms with Gasteiger partial charge in [0.2, 0.25) is 12.0 Å². The summed E-state index contributed by atoms with van der Waals surface area (Å²) < 4.78 is 16.9. The average molecular weight is 601 g/mol. The molecule has 4 rings (SSSR count). The SMILES string of the molecule is CCC/C=C(/CC)N=C(N)OC(C(=O)O)C1(c2ccccc2)NCC(=O)N(Cc2cc(OC)cc(OC)c2)c2ccccc21. The lowest BCUT2D eigenvalue weighted by molar-refractivity contribution is -0.149. The summed E-state index contributed by atoms with van der Waals surface area (Å²) in [5.74, 6) is -0.373. The minimum Gasteiger partial charge on any atom is -0.497 e. The Morgan fingerprint density at radius 3 is 2.34 bits per heavy atom. The van der Waals surface area contributed by atoms with Crippen LogP contribution in [0.3, 0.4) is 0 Å². The number of hydrogen-bond acceptors (Lipinski definition) is 7. The highest BCUT2D eigenvalue weighted by molar-refractivity contribution is 5.97. The van der Waals surface area contributed by atoms with Crippen molar-refractivity contribution >= 4 is 23.6 Å². The molecule has 0 radical (unpaired) electrons. The molecule has 4 N–H and O–H groups in total. The number of carbonyl (C=O) groups is 2. The van der Waals surface area contributed by atoms with Crippen LogP contribution in [-0.2, 0) is 26.4 Å². The zero-order valence-corrected chi connectivity index (χ0v) is 25.6. The first kappa shape index (κ1) is 32.1. The highest BCUT2D eigenvalue weighted by Gasteiger charge is 2.52. The molecule has 3 aromatic rings. The molecule has 1 aliphatic heterocycles. The van der Waals surface area contributed by atoms with Crippen molar-refractivity contribution in [2.45, 2.75) is 51.3 Å². The lowest BCUT2D eigenvalue weighted by Gasteiger charge is -2.39. The molecule has 0 saturated carbocycles. The number of aliphatic carboxylic acids is 1. The summed E-state index contributed by atoms with van der Waals surface area (Å²) in [6, 6.07) is 21.4. The van der Waals surface area contributed by atoms with Gasteiger partial charge in [0.25, 0.3) is 6.02 Å². The van der Waals surface area contributed by atoms with E-state index >= 15 is 0 Å². The van der Waals surface area contributed by atoms with E-state index in [0.717, 1.165) is 18.4 Å². The highest BCUT2D eigenvalue weighted by Crippen LogP contribution is 2.42. The van der Waals surface area contributed by atoms with Gasteiger partial charge < -0.3 is 30.0 Å². The topological polar surface area (TPSA) is 136 Å². The molecule has 0 saturated heterocycles. The number of aliphatic imine (C=N–C) groups is 1. The molecule has 10 heteroatoms. The summed E-state index contributed by atoms with van der Waals surface area (Å²) in [7, 11) is 3.13. The Hall–Kier alpha value is -4.83. The van der Waals surface area contributed by atoms with Crippen LogP contribution in [0, 0.1) is 0 Å². The molecule has 2 unspecified atom stereocenters. The number of carboxylic acids is 1. The number of nitrogens with one attached hydrogen (secondary N) is 1. The average Bonchev–Trinajstić information content (AvgIpc) is 3.16. The third-order valence-corrected chi connectivity index (χ3v) is 7.56. The Bertz CT molecular complexity index is 1500. The predicted molar refractivity (Wildman–Crippen MR) is 170 cm³/mol. The third kappa shape index (κ3) is 6.86. The van der Waals surface area contributed by atoms with E-state index in [1.165, 1.54) is 0 Å². The number of rotatable bonds is 12. The van der Waals surface area contributed by atoms with E-state index in [1.807, 2.05) is 61.5 Å². The van der Waals surface area contributed by atoms with Gasteiger partial charge in [0.15, 0.2) is 0 Å². The first-order chi connectivity index (χ1) is 21.3. The molecule has 232 valence electrons. The molecule has 10 nitrogen and oxygen atoms in total. The first-order valence-corrected chi connectivity index (χ1v) is 14.6. The predicted octanol–water partition coefficient (Wildman–Crippen LogP) is 4.96. The molecule has 0 bridgehead atoms. The number of amidine groups is 1. The number of nitrogens with two attached hydrogens (primary N) is 1. The molecule has 44 heavy (non-hydrogen) atoms. The molecule has 0 fully saturated rings. The van der Waals surface area contributed by atoms with Gasteiger partial charge in [-0.2, -0.15) is 0 Å². The molecule has 1 aliphatic rings. The Morgan fingerprint density at radius 2 is 1.73 bits per heavy atom. The van der Waals surface area contributed by atoms with Gasteiger partial charge in [-0.15, -0.1) is 0 Å². The summed E-state index contributed by atoms with van der Waals surface area (Å²) in [4.78, 5) is 33.0. The third-order valence-electron chi connectivity index (χ3n) is 7.56. The van der Waals surface area contributed by atoms with Crippen LogP contribution in [0.2, 0.25) is 0 Å². The molecule has 1 amide bonds. The van der Waals surface area contributed by atoms with Crippen LogP contribution in [0.15, 0.2) is 89.6 Å². The minimum atomic E-state index is -1.59. The van der Waals surface area contributed by atoms with E-state index in [9.17, 15) is 14.7 Å². The van der Waals surface area contributed by atoms with Crippen molar-refractivity contribution in [2.24, 2.45) is 10.7 Å². The molecule has 0 aromatic heterocycles. The number of unbranched alkanes of at least 4 members (excludes halogenated alkanes) is 1. The van der Waals surface area contributed by atoms with E-state index in [0.29, 0.717) is 40.4 Å². The van der Waals surface area contributed by atoms with Crippen LogP contribution >= 0.6 is 0 Å². The van der Waals surface area contributed by atoms with Crippen LogP contribution in [0.4, 0.5) is 5.69 Å².